The Balaban J connectivity index is 2.24. The van der Waals surface area contributed by atoms with Gasteiger partial charge in [-0.1, -0.05) is 11.1 Å². The lowest BCUT2D eigenvalue weighted by Gasteiger charge is -2.29. The maximum Gasteiger partial charge on any atom is 0.341 e. The highest BCUT2D eigenvalue weighted by atomic mass is 32.1. The molecule has 1 amide bonds. The fraction of sp³-hybridized carbons (Fsp3) is 0.500. The monoisotopic (exact) mass is 365 g/mol. The van der Waals surface area contributed by atoms with Crippen LogP contribution >= 0.6 is 11.3 Å². The number of hydrogen-bond donors (Lipinski definition) is 2. The van der Waals surface area contributed by atoms with Crippen molar-refractivity contribution in [3.8, 4) is 0 Å². The molecule has 0 spiro atoms. The van der Waals surface area contributed by atoms with Crippen molar-refractivity contribution in [2.24, 2.45) is 11.8 Å². The molecule has 0 bridgehead atoms. The number of carboxylic acids is 1. The van der Waals surface area contributed by atoms with Crippen LogP contribution in [-0.2, 0) is 14.3 Å². The van der Waals surface area contributed by atoms with E-state index >= 15 is 0 Å². The Morgan fingerprint density at radius 1 is 1.20 bits per heavy atom. The Kier molecular flexibility index (Phi) is 6.00. The van der Waals surface area contributed by atoms with Crippen molar-refractivity contribution in [1.29, 1.82) is 0 Å². The number of amides is 1. The molecule has 1 aromatic rings. The minimum atomic E-state index is -0.972. The molecular formula is C18H23NO5S. The fourth-order valence-electron chi connectivity index (χ4n) is 3.00. The van der Waals surface area contributed by atoms with Crippen molar-refractivity contribution in [1.82, 2.24) is 0 Å². The largest absolute Gasteiger partial charge is 0.481 e. The van der Waals surface area contributed by atoms with Crippen LogP contribution in [0.1, 0.15) is 48.8 Å². The minimum absolute atomic E-state index is 0.244. The molecule has 25 heavy (non-hydrogen) atoms. The van der Waals surface area contributed by atoms with Gasteiger partial charge in [0, 0.05) is 4.88 Å². The Bertz CT molecular complexity index is 734. The van der Waals surface area contributed by atoms with Crippen LogP contribution in [-0.4, -0.2) is 29.6 Å². The molecule has 0 radical (unpaired) electrons. The van der Waals surface area contributed by atoms with Crippen LogP contribution in [0.3, 0.4) is 0 Å². The molecule has 0 aromatic carbocycles. The molecular weight excluding hydrogens is 342 g/mol. The molecule has 1 heterocycles. The third kappa shape index (κ3) is 4.28. The lowest BCUT2D eigenvalue weighted by Crippen LogP contribution is -2.36. The van der Waals surface area contributed by atoms with E-state index in [1.807, 2.05) is 20.8 Å². The van der Waals surface area contributed by atoms with Crippen molar-refractivity contribution >= 4 is 34.2 Å². The molecule has 0 saturated heterocycles. The number of thiophene rings is 1. The Hall–Kier alpha value is -2.15. The molecule has 0 saturated carbocycles. The third-order valence-corrected chi connectivity index (χ3v) is 5.47. The molecule has 1 aromatic heterocycles. The fourth-order valence-corrected chi connectivity index (χ4v) is 3.90. The molecule has 136 valence electrons. The first kappa shape index (κ1) is 19.2. The maximum absolute atomic E-state index is 12.7. The van der Waals surface area contributed by atoms with E-state index in [0.717, 1.165) is 16.0 Å². The number of ether oxygens (including phenoxy) is 1. The van der Waals surface area contributed by atoms with Gasteiger partial charge in [0.15, 0.2) is 0 Å². The second-order valence-corrected chi connectivity index (χ2v) is 7.59. The smallest absolute Gasteiger partial charge is 0.341 e. The van der Waals surface area contributed by atoms with Crippen molar-refractivity contribution in [2.75, 3.05) is 11.9 Å². The van der Waals surface area contributed by atoms with Crippen LogP contribution < -0.4 is 5.32 Å². The van der Waals surface area contributed by atoms with Gasteiger partial charge in [-0.3, -0.25) is 9.59 Å². The summed E-state index contributed by atoms with van der Waals surface area (Å²) < 4.78 is 5.01. The summed E-state index contributed by atoms with van der Waals surface area (Å²) in [5, 5.41) is 12.6. The molecule has 2 N–H and O–H groups in total. The number of allylic oxidation sites excluding steroid dienone is 2. The van der Waals surface area contributed by atoms with Gasteiger partial charge in [0.25, 0.3) is 0 Å². The van der Waals surface area contributed by atoms with E-state index in [4.69, 9.17) is 4.74 Å². The number of carbonyl (C=O) groups excluding carboxylic acids is 2. The quantitative estimate of drug-likeness (QED) is 0.614. The topological polar surface area (TPSA) is 92.7 Å². The van der Waals surface area contributed by atoms with E-state index in [0.29, 0.717) is 23.4 Å². The van der Waals surface area contributed by atoms with E-state index in [1.54, 1.807) is 13.0 Å². The number of aryl methyl sites for hydroxylation is 1. The minimum Gasteiger partial charge on any atom is -0.481 e. The van der Waals surface area contributed by atoms with E-state index in [2.05, 4.69) is 5.32 Å². The molecule has 0 unspecified atom stereocenters. The number of rotatable bonds is 5. The van der Waals surface area contributed by atoms with Crippen LogP contribution in [0.2, 0.25) is 0 Å². The van der Waals surface area contributed by atoms with Crippen LogP contribution in [0, 0.1) is 18.8 Å². The van der Waals surface area contributed by atoms with Gasteiger partial charge in [-0.2, -0.15) is 0 Å². The summed E-state index contributed by atoms with van der Waals surface area (Å²) in [6.45, 7) is 7.62. The van der Waals surface area contributed by atoms with Crippen molar-refractivity contribution in [3.63, 3.8) is 0 Å². The number of anilines is 1. The number of carboxylic acid groups (broad SMARTS) is 1. The highest BCUT2D eigenvalue weighted by Crippen LogP contribution is 2.36. The van der Waals surface area contributed by atoms with Crippen LogP contribution in [0.4, 0.5) is 5.00 Å². The van der Waals surface area contributed by atoms with Crippen LogP contribution in [0.15, 0.2) is 17.2 Å². The normalized spacial score (nSPS) is 20.3. The highest BCUT2D eigenvalue weighted by Gasteiger charge is 2.37. The van der Waals surface area contributed by atoms with Gasteiger partial charge in [0.05, 0.1) is 24.0 Å². The summed E-state index contributed by atoms with van der Waals surface area (Å²) in [6, 6.07) is 1.67. The first-order valence-electron chi connectivity index (χ1n) is 8.21. The van der Waals surface area contributed by atoms with Crippen molar-refractivity contribution in [2.45, 2.75) is 40.5 Å². The molecule has 6 nitrogen and oxygen atoms in total. The average Bonchev–Trinajstić information content (AvgIpc) is 2.90. The molecule has 1 aliphatic carbocycles. The van der Waals surface area contributed by atoms with Crippen LogP contribution in [0.25, 0.3) is 0 Å². The van der Waals surface area contributed by atoms with Crippen molar-refractivity contribution < 1.29 is 24.2 Å². The number of nitrogens with one attached hydrogen (secondary N) is 1. The van der Waals surface area contributed by atoms with Gasteiger partial charge in [-0.25, -0.2) is 4.79 Å². The summed E-state index contributed by atoms with van der Waals surface area (Å²) in [7, 11) is 0. The average molecular weight is 365 g/mol. The summed E-state index contributed by atoms with van der Waals surface area (Å²) in [6.07, 6.45) is 0.779. The number of carbonyl (C=O) groups is 3. The Morgan fingerprint density at radius 3 is 2.36 bits per heavy atom. The lowest BCUT2D eigenvalue weighted by atomic mass is 9.76. The van der Waals surface area contributed by atoms with E-state index in [9.17, 15) is 19.5 Å². The first-order valence-corrected chi connectivity index (χ1v) is 9.02. The summed E-state index contributed by atoms with van der Waals surface area (Å²) >= 11 is 1.28. The molecule has 1 aliphatic rings. The first-order chi connectivity index (χ1) is 11.7. The Labute approximate surface area is 150 Å². The maximum atomic E-state index is 12.7. The standard InChI is InChI=1S/C18H23NO5S/c1-5-24-18(23)14-8-11(4)25-16(14)19-15(20)12-6-9(2)10(3)7-13(12)17(21)22/h8,12-13H,5-7H2,1-4H3,(H,19,20)(H,21,22)/t12-,13+/m0/s1. The third-order valence-electron chi connectivity index (χ3n) is 4.51. The lowest BCUT2D eigenvalue weighted by molar-refractivity contribution is -0.146. The zero-order chi connectivity index (χ0) is 18.7. The van der Waals surface area contributed by atoms with Crippen LogP contribution in [0.5, 0.6) is 0 Å². The molecule has 2 atom stereocenters. The van der Waals surface area contributed by atoms with E-state index < -0.39 is 23.8 Å². The molecule has 7 heteroatoms. The van der Waals surface area contributed by atoms with Crippen molar-refractivity contribution in [3.05, 3.63) is 27.7 Å². The number of hydrogen-bond acceptors (Lipinski definition) is 5. The SMILES string of the molecule is CCOC(=O)c1cc(C)sc1NC(=O)[C@H]1CC(C)=C(C)C[C@H]1C(=O)O. The van der Waals surface area contributed by atoms with Gasteiger partial charge >= 0.3 is 11.9 Å². The van der Waals surface area contributed by atoms with Gasteiger partial charge in [-0.05, 0) is 46.6 Å². The second kappa shape index (κ2) is 7.82. The molecule has 0 aliphatic heterocycles. The molecule has 2 rings (SSSR count). The van der Waals surface area contributed by atoms with Gasteiger partial charge < -0.3 is 15.2 Å². The zero-order valence-electron chi connectivity index (χ0n) is 14.8. The predicted octanol–water partition coefficient (Wildman–Crippen LogP) is 3.62. The highest BCUT2D eigenvalue weighted by molar-refractivity contribution is 7.16. The van der Waals surface area contributed by atoms with E-state index in [1.165, 1.54) is 11.3 Å². The molecule has 0 fully saturated rings. The summed E-state index contributed by atoms with van der Waals surface area (Å²) in [5.41, 5.74) is 2.38. The second-order valence-electron chi connectivity index (χ2n) is 6.33. The number of esters is 1. The number of aliphatic carboxylic acids is 1. The van der Waals surface area contributed by atoms with Gasteiger partial charge in [0.2, 0.25) is 5.91 Å². The van der Waals surface area contributed by atoms with Gasteiger partial charge in [-0.15, -0.1) is 11.3 Å². The zero-order valence-corrected chi connectivity index (χ0v) is 15.7. The van der Waals surface area contributed by atoms with E-state index in [-0.39, 0.29) is 12.5 Å². The predicted molar refractivity (Wildman–Crippen MR) is 95.9 cm³/mol. The van der Waals surface area contributed by atoms with Gasteiger partial charge in [0.1, 0.15) is 5.00 Å². The summed E-state index contributed by atoms with van der Waals surface area (Å²) in [4.78, 5) is 37.2. The summed E-state index contributed by atoms with van der Waals surface area (Å²) in [5.74, 6) is -3.24. The Morgan fingerprint density at radius 2 is 1.80 bits per heavy atom.